The Hall–Kier alpha value is -2.77. The number of rotatable bonds is 6. The summed E-state index contributed by atoms with van der Waals surface area (Å²) in [4.78, 5) is 28.9. The van der Waals surface area contributed by atoms with Gasteiger partial charge in [-0.05, 0) is 49.0 Å². The monoisotopic (exact) mass is 416 g/mol. The molecule has 29 heavy (non-hydrogen) atoms. The maximum absolute atomic E-state index is 12.1. The van der Waals surface area contributed by atoms with Crippen molar-refractivity contribution >= 4 is 40.5 Å². The highest BCUT2D eigenvalue weighted by atomic mass is 35.5. The third-order valence-electron chi connectivity index (χ3n) is 4.90. The molecule has 0 bridgehead atoms. The second-order valence-corrected chi connectivity index (χ2v) is 7.26. The third kappa shape index (κ3) is 5.62. The number of nitrogens with zero attached hydrogens (tertiary/aromatic N) is 2. The number of likely N-dealkylation sites (N-methyl/N-ethyl adjacent to an activating group) is 1. The van der Waals surface area contributed by atoms with Crippen LogP contribution in [0.15, 0.2) is 42.5 Å². The van der Waals surface area contributed by atoms with Crippen LogP contribution in [0.1, 0.15) is 17.3 Å². The topological polar surface area (TPSA) is 87.9 Å². The number of anilines is 3. The molecule has 0 aromatic heterocycles. The minimum absolute atomic E-state index is 0.176. The predicted molar refractivity (Wildman–Crippen MR) is 116 cm³/mol. The van der Waals surface area contributed by atoms with Crippen molar-refractivity contribution in [1.29, 1.82) is 0 Å². The summed E-state index contributed by atoms with van der Waals surface area (Å²) >= 11 is 5.81. The number of nitrogens with two attached hydrogens (primary N) is 1. The van der Waals surface area contributed by atoms with Crippen molar-refractivity contribution in [2.24, 2.45) is 0 Å². The van der Waals surface area contributed by atoms with Gasteiger partial charge in [0.05, 0.1) is 5.56 Å². The van der Waals surface area contributed by atoms with Gasteiger partial charge >= 0.3 is 5.97 Å². The Bertz CT molecular complexity index is 865. The lowest BCUT2D eigenvalue weighted by Gasteiger charge is -2.35. The minimum Gasteiger partial charge on any atom is -0.452 e. The van der Waals surface area contributed by atoms with Gasteiger partial charge in [-0.15, -0.1) is 0 Å². The van der Waals surface area contributed by atoms with E-state index in [0.29, 0.717) is 10.7 Å². The van der Waals surface area contributed by atoms with Crippen LogP contribution in [0.4, 0.5) is 17.1 Å². The normalized spacial score (nSPS) is 14.5. The van der Waals surface area contributed by atoms with Gasteiger partial charge in [-0.25, -0.2) is 4.79 Å². The van der Waals surface area contributed by atoms with Crippen LogP contribution >= 0.6 is 11.6 Å². The van der Waals surface area contributed by atoms with Crippen molar-refractivity contribution in [1.82, 2.24) is 4.90 Å². The van der Waals surface area contributed by atoms with Crippen LogP contribution in [0.3, 0.4) is 0 Å². The van der Waals surface area contributed by atoms with Crippen molar-refractivity contribution in [2.75, 3.05) is 55.3 Å². The molecular weight excluding hydrogens is 392 g/mol. The van der Waals surface area contributed by atoms with Crippen LogP contribution in [0.25, 0.3) is 0 Å². The van der Waals surface area contributed by atoms with E-state index in [1.54, 1.807) is 0 Å². The van der Waals surface area contributed by atoms with Crippen LogP contribution in [0.2, 0.25) is 5.02 Å². The van der Waals surface area contributed by atoms with Crippen molar-refractivity contribution in [3.05, 3.63) is 53.1 Å². The average Bonchev–Trinajstić information content (AvgIpc) is 2.73. The zero-order valence-electron chi connectivity index (χ0n) is 16.4. The molecule has 154 valence electrons. The zero-order valence-corrected chi connectivity index (χ0v) is 17.1. The van der Waals surface area contributed by atoms with E-state index in [1.165, 1.54) is 18.2 Å². The van der Waals surface area contributed by atoms with E-state index in [2.05, 4.69) is 22.0 Å². The van der Waals surface area contributed by atoms with Gasteiger partial charge in [0.1, 0.15) is 0 Å². The number of ether oxygens (including phenoxy) is 1. The molecule has 1 saturated heterocycles. The summed E-state index contributed by atoms with van der Waals surface area (Å²) in [6, 6.07) is 12.1. The van der Waals surface area contributed by atoms with Crippen LogP contribution in [0.5, 0.6) is 0 Å². The Balaban J connectivity index is 1.48. The Morgan fingerprint density at radius 1 is 1.10 bits per heavy atom. The molecule has 0 radical (unpaired) electrons. The van der Waals surface area contributed by atoms with Crippen LogP contribution in [-0.4, -0.2) is 56.1 Å². The van der Waals surface area contributed by atoms with Crippen molar-refractivity contribution < 1.29 is 14.3 Å². The van der Waals surface area contributed by atoms with Crippen LogP contribution in [0, 0.1) is 0 Å². The highest BCUT2D eigenvalue weighted by Gasteiger charge is 2.16. The van der Waals surface area contributed by atoms with Gasteiger partial charge in [-0.1, -0.05) is 18.5 Å². The number of halogens is 1. The Morgan fingerprint density at radius 2 is 1.79 bits per heavy atom. The van der Waals surface area contributed by atoms with Crippen LogP contribution in [-0.2, 0) is 9.53 Å². The van der Waals surface area contributed by atoms with E-state index in [0.717, 1.165) is 38.4 Å². The first-order valence-corrected chi connectivity index (χ1v) is 9.93. The Morgan fingerprint density at radius 3 is 2.41 bits per heavy atom. The summed E-state index contributed by atoms with van der Waals surface area (Å²) in [6.45, 7) is 6.94. The Labute approximate surface area is 175 Å². The number of piperazine rings is 1. The second kappa shape index (κ2) is 9.62. The largest absolute Gasteiger partial charge is 0.452 e. The fourth-order valence-corrected chi connectivity index (χ4v) is 3.38. The first kappa shape index (κ1) is 21.0. The van der Waals surface area contributed by atoms with Gasteiger partial charge < -0.3 is 25.6 Å². The lowest BCUT2D eigenvalue weighted by atomic mass is 10.2. The lowest BCUT2D eigenvalue weighted by Crippen LogP contribution is -2.46. The molecule has 0 aliphatic carbocycles. The van der Waals surface area contributed by atoms with Gasteiger partial charge in [-0.3, -0.25) is 4.79 Å². The molecule has 8 heteroatoms. The van der Waals surface area contributed by atoms with Gasteiger partial charge in [0.2, 0.25) is 0 Å². The zero-order chi connectivity index (χ0) is 20.8. The molecule has 3 N–H and O–H groups in total. The van der Waals surface area contributed by atoms with E-state index in [1.807, 2.05) is 24.3 Å². The molecule has 3 rings (SSSR count). The lowest BCUT2D eigenvalue weighted by molar-refractivity contribution is -0.119. The average molecular weight is 417 g/mol. The quantitative estimate of drug-likeness (QED) is 0.556. The van der Waals surface area contributed by atoms with Crippen molar-refractivity contribution in [2.45, 2.75) is 6.92 Å². The number of benzene rings is 2. The maximum Gasteiger partial charge on any atom is 0.340 e. The maximum atomic E-state index is 12.1. The standard InChI is InChI=1S/C21H25ClN4O3/c1-2-25-9-11-26(12-10-25)17-6-4-16(5-7-17)24-20(27)14-29-21(28)18-8-3-15(22)13-19(18)23/h3-8,13H,2,9-12,14,23H2,1H3,(H,24,27). The smallest absolute Gasteiger partial charge is 0.340 e. The summed E-state index contributed by atoms with van der Waals surface area (Å²) in [5.74, 6) is -1.09. The molecule has 1 heterocycles. The number of carbonyl (C=O) groups excluding carboxylic acids is 2. The van der Waals surface area contributed by atoms with Crippen LogP contribution < -0.4 is 16.0 Å². The molecular formula is C21H25ClN4O3. The molecule has 2 aromatic carbocycles. The number of amides is 1. The number of carbonyl (C=O) groups is 2. The minimum atomic E-state index is -0.670. The second-order valence-electron chi connectivity index (χ2n) is 6.82. The number of hydrogen-bond donors (Lipinski definition) is 2. The summed E-state index contributed by atoms with van der Waals surface area (Å²) in [5, 5.41) is 3.15. The first-order chi connectivity index (χ1) is 14.0. The summed E-state index contributed by atoms with van der Waals surface area (Å²) in [6.07, 6.45) is 0. The molecule has 7 nitrogen and oxygen atoms in total. The number of hydrogen-bond acceptors (Lipinski definition) is 6. The highest BCUT2D eigenvalue weighted by molar-refractivity contribution is 6.31. The van der Waals surface area contributed by atoms with E-state index in [-0.39, 0.29) is 11.3 Å². The van der Waals surface area contributed by atoms with E-state index >= 15 is 0 Å². The predicted octanol–water partition coefficient (Wildman–Crippen LogP) is 2.86. The first-order valence-electron chi connectivity index (χ1n) is 9.55. The van der Waals surface area contributed by atoms with Gasteiger partial charge in [0, 0.05) is 48.3 Å². The Kier molecular flexibility index (Phi) is 6.95. The molecule has 0 unspecified atom stereocenters. The number of esters is 1. The number of nitrogens with one attached hydrogen (secondary N) is 1. The third-order valence-corrected chi connectivity index (χ3v) is 5.14. The molecule has 1 amide bonds. The van der Waals surface area contributed by atoms with Gasteiger partial charge in [0.15, 0.2) is 6.61 Å². The molecule has 1 aliphatic rings. The van der Waals surface area contributed by atoms with Gasteiger partial charge in [0.25, 0.3) is 5.91 Å². The van der Waals surface area contributed by atoms with E-state index in [9.17, 15) is 9.59 Å². The van der Waals surface area contributed by atoms with Crippen molar-refractivity contribution in [3.8, 4) is 0 Å². The molecule has 1 fully saturated rings. The molecule has 0 saturated carbocycles. The molecule has 0 spiro atoms. The SMILES string of the molecule is CCN1CCN(c2ccc(NC(=O)COC(=O)c3ccc(Cl)cc3N)cc2)CC1. The summed E-state index contributed by atoms with van der Waals surface area (Å²) < 4.78 is 5.04. The summed E-state index contributed by atoms with van der Waals surface area (Å²) in [7, 11) is 0. The molecule has 1 aliphatic heterocycles. The van der Waals surface area contributed by atoms with Crippen molar-refractivity contribution in [3.63, 3.8) is 0 Å². The highest BCUT2D eigenvalue weighted by Crippen LogP contribution is 2.20. The van der Waals surface area contributed by atoms with E-state index in [4.69, 9.17) is 22.1 Å². The molecule has 2 aromatic rings. The number of nitrogen functional groups attached to an aromatic ring is 1. The van der Waals surface area contributed by atoms with Gasteiger partial charge in [-0.2, -0.15) is 0 Å². The summed E-state index contributed by atoms with van der Waals surface area (Å²) in [5.41, 5.74) is 7.91. The fraction of sp³-hybridized carbons (Fsp3) is 0.333. The fourth-order valence-electron chi connectivity index (χ4n) is 3.20. The molecule has 0 atom stereocenters. The van der Waals surface area contributed by atoms with E-state index < -0.39 is 18.5 Å².